The first-order valence-electron chi connectivity index (χ1n) is 13.6. The van der Waals surface area contributed by atoms with Gasteiger partial charge in [0.2, 0.25) is 0 Å². The summed E-state index contributed by atoms with van der Waals surface area (Å²) in [6.07, 6.45) is 1.84. The Hall–Kier alpha value is -4.62. The van der Waals surface area contributed by atoms with Crippen LogP contribution in [0, 0.1) is 13.8 Å². The number of aryl methyl sites for hydroxylation is 1. The van der Waals surface area contributed by atoms with Gasteiger partial charge in [0.25, 0.3) is 0 Å². The largest absolute Gasteiger partial charge is 0.497 e. The van der Waals surface area contributed by atoms with E-state index in [4.69, 9.17) is 26.7 Å². The van der Waals surface area contributed by atoms with Crippen LogP contribution in [-0.4, -0.2) is 21.8 Å². The summed E-state index contributed by atoms with van der Waals surface area (Å²) in [5, 5.41) is 4.25. The van der Waals surface area contributed by atoms with E-state index in [0.29, 0.717) is 5.11 Å². The molecular weight excluding hydrogens is 528 g/mol. The van der Waals surface area contributed by atoms with E-state index in [1.807, 2.05) is 54.7 Å². The maximum atomic E-state index is 6.08. The van der Waals surface area contributed by atoms with Crippen molar-refractivity contribution in [1.82, 2.24) is 14.9 Å². The molecule has 41 heavy (non-hydrogen) atoms. The lowest BCUT2D eigenvalue weighted by Crippen LogP contribution is -2.29. The number of anilines is 1. The lowest BCUT2D eigenvalue weighted by Gasteiger charge is -2.28. The Kier molecular flexibility index (Phi) is 7.44. The van der Waals surface area contributed by atoms with Gasteiger partial charge in [-0.05, 0) is 104 Å². The number of ether oxygens (including phenoxy) is 2. The highest BCUT2D eigenvalue weighted by atomic mass is 32.1. The van der Waals surface area contributed by atoms with Crippen molar-refractivity contribution in [3.8, 4) is 17.2 Å². The van der Waals surface area contributed by atoms with Crippen LogP contribution in [0.4, 0.5) is 5.69 Å². The van der Waals surface area contributed by atoms with Crippen molar-refractivity contribution in [3.63, 3.8) is 0 Å². The molecule has 1 aliphatic rings. The number of thiocarbonyl (C=S) groups is 1. The fraction of sp³-hybridized carbons (Fsp3) is 0.176. The van der Waals surface area contributed by atoms with Gasteiger partial charge in [0, 0.05) is 29.8 Å². The molecule has 3 heterocycles. The average Bonchev–Trinajstić information content (AvgIpc) is 3.49. The molecule has 0 unspecified atom stereocenters. The minimum Gasteiger partial charge on any atom is -0.497 e. The quantitative estimate of drug-likeness (QED) is 0.198. The molecule has 1 aliphatic heterocycles. The molecule has 1 fully saturated rings. The van der Waals surface area contributed by atoms with Crippen molar-refractivity contribution in [1.29, 1.82) is 0 Å². The summed E-state index contributed by atoms with van der Waals surface area (Å²) in [5.41, 5.74) is 6.86. The second-order valence-corrected chi connectivity index (χ2v) is 10.6. The summed E-state index contributed by atoms with van der Waals surface area (Å²) in [7, 11) is 1.65. The maximum absolute atomic E-state index is 6.08. The van der Waals surface area contributed by atoms with Crippen LogP contribution in [0.25, 0.3) is 0 Å². The van der Waals surface area contributed by atoms with Crippen LogP contribution in [0.3, 0.4) is 0 Å². The van der Waals surface area contributed by atoms with E-state index >= 15 is 0 Å². The molecule has 6 nitrogen and oxygen atoms in total. The van der Waals surface area contributed by atoms with Crippen LogP contribution in [0.1, 0.15) is 40.3 Å². The van der Waals surface area contributed by atoms with Crippen LogP contribution in [-0.2, 0) is 6.54 Å². The van der Waals surface area contributed by atoms with Gasteiger partial charge >= 0.3 is 0 Å². The van der Waals surface area contributed by atoms with Gasteiger partial charge in [0.05, 0.1) is 24.9 Å². The zero-order valence-corrected chi connectivity index (χ0v) is 24.1. The number of benzene rings is 3. The lowest BCUT2D eigenvalue weighted by atomic mass is 9.96. The first kappa shape index (κ1) is 26.6. The molecule has 6 rings (SSSR count). The van der Waals surface area contributed by atoms with Gasteiger partial charge in [-0.1, -0.05) is 36.4 Å². The Bertz CT molecular complexity index is 1630. The van der Waals surface area contributed by atoms with Gasteiger partial charge in [0.1, 0.15) is 17.2 Å². The van der Waals surface area contributed by atoms with E-state index in [1.54, 1.807) is 7.11 Å². The van der Waals surface area contributed by atoms with Crippen molar-refractivity contribution >= 4 is 23.0 Å². The van der Waals surface area contributed by atoms with Gasteiger partial charge in [-0.3, -0.25) is 4.98 Å². The molecule has 0 aliphatic carbocycles. The smallest absolute Gasteiger partial charge is 0.174 e. The molecule has 0 spiro atoms. The fourth-order valence-electron chi connectivity index (χ4n) is 5.54. The number of hydrogen-bond donors (Lipinski definition) is 1. The molecular formula is C34H32N4O2S. The molecule has 5 aromatic rings. The van der Waals surface area contributed by atoms with Crippen molar-refractivity contribution < 1.29 is 9.47 Å². The van der Waals surface area contributed by atoms with E-state index in [1.165, 1.54) is 22.5 Å². The number of rotatable bonds is 8. The SMILES string of the molecule is COc1ccc(Oc2ccc(N3C(=S)N[C@H](c4ccccn4)[C@H]3c3cc(C)n(Cc4ccccc4)c3C)cc2)cc1. The molecule has 0 radical (unpaired) electrons. The molecule has 7 heteroatoms. The molecule has 2 atom stereocenters. The van der Waals surface area contributed by atoms with Crippen LogP contribution < -0.4 is 19.7 Å². The number of nitrogens with zero attached hydrogens (tertiary/aromatic N) is 3. The van der Waals surface area contributed by atoms with Gasteiger partial charge < -0.3 is 24.3 Å². The van der Waals surface area contributed by atoms with Crippen molar-refractivity contribution in [2.75, 3.05) is 12.0 Å². The van der Waals surface area contributed by atoms with Gasteiger partial charge in [-0.25, -0.2) is 0 Å². The molecule has 206 valence electrons. The molecule has 0 bridgehead atoms. The van der Waals surface area contributed by atoms with Gasteiger partial charge in [0.15, 0.2) is 5.11 Å². The Morgan fingerprint density at radius 3 is 2.15 bits per heavy atom. The van der Waals surface area contributed by atoms with Crippen molar-refractivity contribution in [2.24, 2.45) is 0 Å². The number of hydrogen-bond acceptors (Lipinski definition) is 4. The first-order chi connectivity index (χ1) is 20.0. The molecule has 1 N–H and O–H groups in total. The summed E-state index contributed by atoms with van der Waals surface area (Å²) in [6, 6.07) is 34.3. The monoisotopic (exact) mass is 560 g/mol. The third-order valence-electron chi connectivity index (χ3n) is 7.62. The second-order valence-electron chi connectivity index (χ2n) is 10.2. The zero-order chi connectivity index (χ0) is 28.3. The maximum Gasteiger partial charge on any atom is 0.174 e. The van der Waals surface area contributed by atoms with Crippen LogP contribution >= 0.6 is 12.2 Å². The van der Waals surface area contributed by atoms with Gasteiger partial charge in [-0.2, -0.15) is 0 Å². The normalized spacial score (nSPS) is 16.5. The predicted molar refractivity (Wildman–Crippen MR) is 167 cm³/mol. The standard InChI is InChI=1S/C34H32N4O2S/c1-23-21-30(24(2)37(23)22-25-9-5-4-6-10-25)33-32(31-11-7-8-20-35-31)36-34(41)38(33)26-12-14-28(15-13-26)40-29-18-16-27(39-3)17-19-29/h4-21,32-33H,22H2,1-3H3,(H,36,41)/t32-,33-/m1/s1. The molecule has 3 aromatic carbocycles. The highest BCUT2D eigenvalue weighted by molar-refractivity contribution is 7.80. The Labute approximate surface area is 246 Å². The van der Waals surface area contributed by atoms with Crippen molar-refractivity contribution in [3.05, 3.63) is 138 Å². The summed E-state index contributed by atoms with van der Waals surface area (Å²) in [6.45, 7) is 5.19. The van der Waals surface area contributed by atoms with E-state index in [2.05, 4.69) is 83.2 Å². The number of methoxy groups -OCH3 is 1. The minimum absolute atomic E-state index is 0.0820. The molecule has 0 amide bonds. The average molecular weight is 561 g/mol. The number of nitrogens with one attached hydrogen (secondary N) is 1. The zero-order valence-electron chi connectivity index (χ0n) is 23.3. The van der Waals surface area contributed by atoms with Crippen molar-refractivity contribution in [2.45, 2.75) is 32.5 Å². The Morgan fingerprint density at radius 1 is 0.829 bits per heavy atom. The minimum atomic E-state index is -0.107. The van der Waals surface area contributed by atoms with E-state index < -0.39 is 0 Å². The van der Waals surface area contributed by atoms with Crippen LogP contribution in [0.2, 0.25) is 0 Å². The Balaban J connectivity index is 1.35. The lowest BCUT2D eigenvalue weighted by molar-refractivity contribution is 0.413. The molecule has 0 saturated carbocycles. The second kappa shape index (κ2) is 11.5. The highest BCUT2D eigenvalue weighted by Crippen LogP contribution is 2.43. The summed E-state index contributed by atoms with van der Waals surface area (Å²) >= 11 is 5.96. The summed E-state index contributed by atoms with van der Waals surface area (Å²) < 4.78 is 13.7. The fourth-order valence-corrected chi connectivity index (χ4v) is 5.89. The van der Waals surface area contributed by atoms with Crippen LogP contribution in [0.15, 0.2) is 109 Å². The highest BCUT2D eigenvalue weighted by Gasteiger charge is 2.42. The summed E-state index contributed by atoms with van der Waals surface area (Å²) in [5.74, 6) is 2.28. The van der Waals surface area contributed by atoms with E-state index in [-0.39, 0.29) is 12.1 Å². The molecule has 2 aromatic heterocycles. The topological polar surface area (TPSA) is 51.6 Å². The Morgan fingerprint density at radius 2 is 1.49 bits per heavy atom. The van der Waals surface area contributed by atoms with Crippen LogP contribution in [0.5, 0.6) is 17.2 Å². The van der Waals surface area contributed by atoms with Gasteiger partial charge in [-0.15, -0.1) is 0 Å². The third kappa shape index (κ3) is 5.41. The van der Waals surface area contributed by atoms with E-state index in [0.717, 1.165) is 35.2 Å². The number of pyridine rings is 1. The van der Waals surface area contributed by atoms with E-state index in [9.17, 15) is 0 Å². The molecule has 1 saturated heterocycles. The predicted octanol–water partition coefficient (Wildman–Crippen LogP) is 7.53. The first-order valence-corrected chi connectivity index (χ1v) is 14.1. The number of aromatic nitrogens is 2. The summed E-state index contributed by atoms with van der Waals surface area (Å²) in [4.78, 5) is 6.92. The third-order valence-corrected chi connectivity index (χ3v) is 7.94.